The maximum Gasteiger partial charge on any atom is 0.231 e. The SMILES string of the molecule is Cc1ccc(NC(=O)[C@H](C)c2ccc(C)cc2)cc1. The van der Waals surface area contributed by atoms with E-state index in [-0.39, 0.29) is 11.8 Å². The molecule has 0 aliphatic carbocycles. The number of amides is 1. The zero-order chi connectivity index (χ0) is 13.8. The molecule has 0 aliphatic heterocycles. The van der Waals surface area contributed by atoms with Crippen LogP contribution in [0.5, 0.6) is 0 Å². The molecular formula is C17H19NO. The predicted molar refractivity (Wildman–Crippen MR) is 79.4 cm³/mol. The lowest BCUT2D eigenvalue weighted by Gasteiger charge is -2.13. The van der Waals surface area contributed by atoms with Crippen LogP contribution in [0.15, 0.2) is 48.5 Å². The molecule has 0 saturated heterocycles. The highest BCUT2D eigenvalue weighted by Gasteiger charge is 2.14. The topological polar surface area (TPSA) is 29.1 Å². The molecule has 2 rings (SSSR count). The van der Waals surface area contributed by atoms with Crippen molar-refractivity contribution in [2.24, 2.45) is 0 Å². The molecular weight excluding hydrogens is 234 g/mol. The number of rotatable bonds is 3. The summed E-state index contributed by atoms with van der Waals surface area (Å²) < 4.78 is 0. The molecule has 0 bridgehead atoms. The minimum atomic E-state index is -0.151. The normalized spacial score (nSPS) is 11.9. The van der Waals surface area contributed by atoms with Crippen molar-refractivity contribution in [1.29, 1.82) is 0 Å². The van der Waals surface area contributed by atoms with E-state index in [1.165, 1.54) is 11.1 Å². The van der Waals surface area contributed by atoms with Crippen LogP contribution in [-0.2, 0) is 4.79 Å². The predicted octanol–water partition coefficient (Wildman–Crippen LogP) is 4.05. The first-order chi connectivity index (χ1) is 9.06. The molecule has 0 aliphatic rings. The number of aryl methyl sites for hydroxylation is 2. The molecule has 0 aromatic heterocycles. The maximum atomic E-state index is 12.2. The molecule has 2 heteroatoms. The van der Waals surface area contributed by atoms with E-state index in [9.17, 15) is 4.79 Å². The molecule has 19 heavy (non-hydrogen) atoms. The molecule has 0 heterocycles. The van der Waals surface area contributed by atoms with Crippen LogP contribution in [0.25, 0.3) is 0 Å². The molecule has 2 nitrogen and oxygen atoms in total. The van der Waals surface area contributed by atoms with Gasteiger partial charge in [-0.3, -0.25) is 4.79 Å². The lowest BCUT2D eigenvalue weighted by Crippen LogP contribution is -2.18. The lowest BCUT2D eigenvalue weighted by molar-refractivity contribution is -0.117. The zero-order valence-electron chi connectivity index (χ0n) is 11.6. The van der Waals surface area contributed by atoms with Gasteiger partial charge in [0.05, 0.1) is 5.92 Å². The smallest absolute Gasteiger partial charge is 0.231 e. The van der Waals surface area contributed by atoms with Crippen LogP contribution in [0, 0.1) is 13.8 Å². The Morgan fingerprint density at radius 2 is 1.37 bits per heavy atom. The fourth-order valence-corrected chi connectivity index (χ4v) is 1.89. The second kappa shape index (κ2) is 5.70. The van der Waals surface area contributed by atoms with Gasteiger partial charge in [0.1, 0.15) is 0 Å². The Hall–Kier alpha value is -2.09. The van der Waals surface area contributed by atoms with Crippen molar-refractivity contribution in [3.05, 3.63) is 65.2 Å². The number of benzene rings is 2. The molecule has 98 valence electrons. The molecule has 0 fully saturated rings. The van der Waals surface area contributed by atoms with Crippen LogP contribution in [-0.4, -0.2) is 5.91 Å². The minimum absolute atomic E-state index is 0.0210. The summed E-state index contributed by atoms with van der Waals surface area (Å²) in [5.41, 5.74) is 4.27. The van der Waals surface area contributed by atoms with Crippen LogP contribution in [0.4, 0.5) is 5.69 Å². The third-order valence-corrected chi connectivity index (χ3v) is 3.29. The molecule has 2 aromatic rings. The molecule has 1 N–H and O–H groups in total. The number of carbonyl (C=O) groups excluding carboxylic acids is 1. The Kier molecular flexibility index (Phi) is 4.00. The van der Waals surface area contributed by atoms with Gasteiger partial charge in [0, 0.05) is 5.69 Å². The quantitative estimate of drug-likeness (QED) is 0.878. The van der Waals surface area contributed by atoms with Gasteiger partial charge in [0.15, 0.2) is 0 Å². The number of anilines is 1. The van der Waals surface area contributed by atoms with Crippen molar-refractivity contribution in [1.82, 2.24) is 0 Å². The second-order valence-corrected chi connectivity index (χ2v) is 4.99. The Morgan fingerprint density at radius 3 is 1.89 bits per heavy atom. The van der Waals surface area contributed by atoms with Gasteiger partial charge in [-0.05, 0) is 38.5 Å². The summed E-state index contributed by atoms with van der Waals surface area (Å²) >= 11 is 0. The largest absolute Gasteiger partial charge is 0.326 e. The van der Waals surface area contributed by atoms with Crippen molar-refractivity contribution in [3.63, 3.8) is 0 Å². The first kappa shape index (κ1) is 13.3. The Labute approximate surface area is 114 Å². The van der Waals surface area contributed by atoms with E-state index in [4.69, 9.17) is 0 Å². The summed E-state index contributed by atoms with van der Waals surface area (Å²) in [7, 11) is 0. The van der Waals surface area contributed by atoms with Crippen molar-refractivity contribution in [3.8, 4) is 0 Å². The number of carbonyl (C=O) groups is 1. The van der Waals surface area contributed by atoms with E-state index < -0.39 is 0 Å². The Balaban J connectivity index is 2.07. The summed E-state index contributed by atoms with van der Waals surface area (Å²) in [6.45, 7) is 6.00. The average Bonchev–Trinajstić information content (AvgIpc) is 2.41. The number of nitrogens with one attached hydrogen (secondary N) is 1. The molecule has 1 amide bonds. The van der Waals surface area contributed by atoms with Gasteiger partial charge in [-0.25, -0.2) is 0 Å². The van der Waals surface area contributed by atoms with Gasteiger partial charge in [0.25, 0.3) is 0 Å². The minimum Gasteiger partial charge on any atom is -0.326 e. The first-order valence-electron chi connectivity index (χ1n) is 6.50. The van der Waals surface area contributed by atoms with E-state index in [0.717, 1.165) is 11.3 Å². The molecule has 0 spiro atoms. The summed E-state index contributed by atoms with van der Waals surface area (Å²) in [6, 6.07) is 15.9. The maximum absolute atomic E-state index is 12.2. The van der Waals surface area contributed by atoms with Gasteiger partial charge in [-0.2, -0.15) is 0 Å². The number of hydrogen-bond acceptors (Lipinski definition) is 1. The summed E-state index contributed by atoms with van der Waals surface area (Å²) in [4.78, 5) is 12.2. The van der Waals surface area contributed by atoms with Crippen LogP contribution < -0.4 is 5.32 Å². The lowest BCUT2D eigenvalue weighted by atomic mass is 9.99. The highest BCUT2D eigenvalue weighted by atomic mass is 16.1. The first-order valence-corrected chi connectivity index (χ1v) is 6.50. The fraction of sp³-hybridized carbons (Fsp3) is 0.235. The molecule has 0 saturated carbocycles. The van der Waals surface area contributed by atoms with Crippen LogP contribution >= 0.6 is 0 Å². The summed E-state index contributed by atoms with van der Waals surface area (Å²) in [5, 5.41) is 2.94. The van der Waals surface area contributed by atoms with E-state index in [1.807, 2.05) is 69.3 Å². The molecule has 1 atom stereocenters. The van der Waals surface area contributed by atoms with Crippen molar-refractivity contribution in [2.75, 3.05) is 5.32 Å². The summed E-state index contributed by atoms with van der Waals surface area (Å²) in [5.74, 6) is -0.130. The van der Waals surface area contributed by atoms with Gasteiger partial charge >= 0.3 is 0 Å². The van der Waals surface area contributed by atoms with Gasteiger partial charge in [-0.1, -0.05) is 47.5 Å². The van der Waals surface area contributed by atoms with Gasteiger partial charge in [0.2, 0.25) is 5.91 Å². The van der Waals surface area contributed by atoms with Crippen molar-refractivity contribution < 1.29 is 4.79 Å². The van der Waals surface area contributed by atoms with E-state index in [0.29, 0.717) is 0 Å². The Bertz CT molecular complexity index is 555. The van der Waals surface area contributed by atoms with Crippen molar-refractivity contribution >= 4 is 11.6 Å². The van der Waals surface area contributed by atoms with Gasteiger partial charge in [-0.15, -0.1) is 0 Å². The van der Waals surface area contributed by atoms with Crippen LogP contribution in [0.1, 0.15) is 29.5 Å². The Morgan fingerprint density at radius 1 is 0.895 bits per heavy atom. The standard InChI is InChI=1S/C17H19NO/c1-12-4-8-15(9-5-12)14(3)17(19)18-16-10-6-13(2)7-11-16/h4-11,14H,1-3H3,(H,18,19)/t14-/m1/s1. The number of hydrogen-bond donors (Lipinski definition) is 1. The molecule has 2 aromatic carbocycles. The van der Waals surface area contributed by atoms with Gasteiger partial charge < -0.3 is 5.32 Å². The van der Waals surface area contributed by atoms with E-state index in [1.54, 1.807) is 0 Å². The highest BCUT2D eigenvalue weighted by molar-refractivity contribution is 5.95. The van der Waals surface area contributed by atoms with Crippen molar-refractivity contribution in [2.45, 2.75) is 26.7 Å². The second-order valence-electron chi connectivity index (χ2n) is 4.99. The highest BCUT2D eigenvalue weighted by Crippen LogP contribution is 2.18. The third kappa shape index (κ3) is 3.44. The van der Waals surface area contributed by atoms with E-state index in [2.05, 4.69) is 5.32 Å². The van der Waals surface area contributed by atoms with Crippen LogP contribution in [0.3, 0.4) is 0 Å². The van der Waals surface area contributed by atoms with E-state index >= 15 is 0 Å². The molecule has 0 radical (unpaired) electrons. The van der Waals surface area contributed by atoms with Crippen LogP contribution in [0.2, 0.25) is 0 Å². The third-order valence-electron chi connectivity index (χ3n) is 3.29. The average molecular weight is 253 g/mol. The fourth-order valence-electron chi connectivity index (χ4n) is 1.89. The monoisotopic (exact) mass is 253 g/mol. The summed E-state index contributed by atoms with van der Waals surface area (Å²) in [6.07, 6.45) is 0. The zero-order valence-corrected chi connectivity index (χ0v) is 11.6. The molecule has 0 unspecified atom stereocenters.